The van der Waals surface area contributed by atoms with Gasteiger partial charge in [-0.1, -0.05) is 40.9 Å². The first kappa shape index (κ1) is 14.8. The molecule has 21 heavy (non-hydrogen) atoms. The summed E-state index contributed by atoms with van der Waals surface area (Å²) in [5.74, 6) is 0. The van der Waals surface area contributed by atoms with Crippen LogP contribution in [0, 0.1) is 4.77 Å². The Labute approximate surface area is 140 Å². The van der Waals surface area contributed by atoms with Crippen LogP contribution in [-0.2, 0) is 13.5 Å². The van der Waals surface area contributed by atoms with E-state index >= 15 is 0 Å². The Kier molecular flexibility index (Phi) is 3.94. The van der Waals surface area contributed by atoms with Crippen LogP contribution in [-0.4, -0.2) is 19.3 Å². The summed E-state index contributed by atoms with van der Waals surface area (Å²) in [6.07, 6.45) is 1.95. The van der Waals surface area contributed by atoms with Crippen molar-refractivity contribution in [1.82, 2.24) is 19.3 Å². The molecule has 0 atom stereocenters. The maximum absolute atomic E-state index is 6.35. The number of halogens is 2. The van der Waals surface area contributed by atoms with Crippen LogP contribution in [0.2, 0.25) is 5.02 Å². The van der Waals surface area contributed by atoms with Crippen molar-refractivity contribution in [3.05, 3.63) is 38.2 Å². The molecule has 0 fully saturated rings. The van der Waals surface area contributed by atoms with Crippen molar-refractivity contribution >= 4 is 50.9 Å². The largest absolute Gasteiger partial charge is 0.327 e. The topological polar surface area (TPSA) is 38.5 Å². The average Bonchev–Trinajstić information content (AvgIpc) is 2.91. The molecule has 0 radical (unpaired) electrons. The van der Waals surface area contributed by atoms with Crippen molar-refractivity contribution in [3.8, 4) is 5.69 Å². The zero-order chi connectivity index (χ0) is 15.1. The zero-order valence-electron chi connectivity index (χ0n) is 11.7. The van der Waals surface area contributed by atoms with E-state index in [1.807, 2.05) is 34.5 Å². The highest BCUT2D eigenvalue weighted by molar-refractivity contribution is 9.10. The number of nitrogens with zero attached hydrogens (tertiary/aromatic N) is 3. The predicted molar refractivity (Wildman–Crippen MR) is 91.9 cm³/mol. The first-order valence-corrected chi connectivity index (χ1v) is 8.23. The molecule has 0 saturated heterocycles. The van der Waals surface area contributed by atoms with Gasteiger partial charge in [0.1, 0.15) is 5.52 Å². The number of H-pyrrole nitrogens is 1. The first-order chi connectivity index (χ1) is 10.0. The summed E-state index contributed by atoms with van der Waals surface area (Å²) in [6, 6.07) is 5.72. The van der Waals surface area contributed by atoms with Gasteiger partial charge in [-0.25, -0.2) is 4.68 Å². The Balaban J connectivity index is 2.35. The maximum Gasteiger partial charge on any atom is 0.184 e. The van der Waals surface area contributed by atoms with Crippen LogP contribution in [0.15, 0.2) is 22.7 Å². The molecule has 0 bridgehead atoms. The van der Waals surface area contributed by atoms with Crippen LogP contribution < -0.4 is 0 Å². The number of hydrogen-bond acceptors (Lipinski definition) is 2. The lowest BCUT2D eigenvalue weighted by Gasteiger charge is -2.07. The molecule has 1 N–H and O–H groups in total. The lowest BCUT2D eigenvalue weighted by Crippen LogP contribution is -2.01. The van der Waals surface area contributed by atoms with E-state index in [2.05, 4.69) is 32.9 Å². The summed E-state index contributed by atoms with van der Waals surface area (Å²) in [5.41, 5.74) is 3.79. The van der Waals surface area contributed by atoms with Gasteiger partial charge in [0.2, 0.25) is 0 Å². The molecule has 0 aliphatic heterocycles. The highest BCUT2D eigenvalue weighted by atomic mass is 79.9. The maximum atomic E-state index is 6.35. The Hall–Kier alpha value is -1.11. The van der Waals surface area contributed by atoms with Crippen LogP contribution in [0.25, 0.3) is 16.9 Å². The van der Waals surface area contributed by atoms with Gasteiger partial charge in [0, 0.05) is 11.5 Å². The molecule has 3 aromatic rings. The Bertz CT molecular complexity index is 877. The minimum Gasteiger partial charge on any atom is -0.327 e. The number of aryl methyl sites for hydroxylation is 2. The van der Waals surface area contributed by atoms with Gasteiger partial charge in [0.25, 0.3) is 0 Å². The second-order valence-electron chi connectivity index (χ2n) is 4.88. The first-order valence-electron chi connectivity index (χ1n) is 6.65. The van der Waals surface area contributed by atoms with E-state index in [0.29, 0.717) is 9.79 Å². The fourth-order valence-corrected chi connectivity index (χ4v) is 3.34. The third-order valence-electron chi connectivity index (χ3n) is 3.37. The highest BCUT2D eigenvalue weighted by Crippen LogP contribution is 2.29. The van der Waals surface area contributed by atoms with Crippen LogP contribution in [0.5, 0.6) is 0 Å². The van der Waals surface area contributed by atoms with Gasteiger partial charge >= 0.3 is 0 Å². The van der Waals surface area contributed by atoms with Crippen molar-refractivity contribution in [3.63, 3.8) is 0 Å². The van der Waals surface area contributed by atoms with E-state index in [0.717, 1.165) is 39.9 Å². The second kappa shape index (κ2) is 5.59. The van der Waals surface area contributed by atoms with Crippen molar-refractivity contribution in [2.75, 3.05) is 0 Å². The quantitative estimate of drug-likeness (QED) is 0.658. The van der Waals surface area contributed by atoms with Gasteiger partial charge in [-0.05, 0) is 36.8 Å². The standard InChI is InChI=1S/C14H14BrClN4S/c1-3-4-10-12-13(19(2)18-10)20(14(21)17-12)11-7-8(15)5-6-9(11)16/h5-7H,3-4H2,1-2H3,(H,17,21). The van der Waals surface area contributed by atoms with Crippen LogP contribution in [0.3, 0.4) is 0 Å². The SMILES string of the molecule is CCCc1nn(C)c2c1[nH]c(=S)n2-c1cc(Br)ccc1Cl. The second-order valence-corrected chi connectivity index (χ2v) is 6.59. The monoisotopic (exact) mass is 384 g/mol. The fourth-order valence-electron chi connectivity index (χ4n) is 2.51. The lowest BCUT2D eigenvalue weighted by atomic mass is 10.2. The predicted octanol–water partition coefficient (Wildman–Crippen LogP) is 4.79. The molecule has 4 nitrogen and oxygen atoms in total. The Morgan fingerprint density at radius 2 is 2.19 bits per heavy atom. The van der Waals surface area contributed by atoms with Crippen LogP contribution >= 0.6 is 39.7 Å². The van der Waals surface area contributed by atoms with E-state index in [4.69, 9.17) is 23.8 Å². The Morgan fingerprint density at radius 1 is 1.43 bits per heavy atom. The van der Waals surface area contributed by atoms with Gasteiger partial charge in [0.15, 0.2) is 10.4 Å². The molecule has 0 amide bonds. The highest BCUT2D eigenvalue weighted by Gasteiger charge is 2.17. The van der Waals surface area contributed by atoms with Gasteiger partial charge in [-0.3, -0.25) is 4.57 Å². The summed E-state index contributed by atoms with van der Waals surface area (Å²) < 4.78 is 5.36. The van der Waals surface area contributed by atoms with Gasteiger partial charge in [0.05, 0.1) is 16.4 Å². The minimum absolute atomic E-state index is 0.621. The fraction of sp³-hybridized carbons (Fsp3) is 0.286. The van der Waals surface area contributed by atoms with Gasteiger partial charge < -0.3 is 4.98 Å². The number of aromatic amines is 1. The van der Waals surface area contributed by atoms with E-state index in [1.165, 1.54) is 0 Å². The van der Waals surface area contributed by atoms with Crippen LogP contribution in [0.1, 0.15) is 19.0 Å². The van der Waals surface area contributed by atoms with E-state index < -0.39 is 0 Å². The average molecular weight is 386 g/mol. The van der Waals surface area contributed by atoms with Gasteiger partial charge in [-0.15, -0.1) is 0 Å². The number of benzene rings is 1. The van der Waals surface area contributed by atoms with E-state index in [9.17, 15) is 0 Å². The number of nitrogens with one attached hydrogen (secondary N) is 1. The molecule has 0 unspecified atom stereocenters. The summed E-state index contributed by atoms with van der Waals surface area (Å²) in [4.78, 5) is 3.27. The molecule has 2 aromatic heterocycles. The number of fused-ring (bicyclic) bond motifs is 1. The number of hydrogen-bond donors (Lipinski definition) is 1. The summed E-state index contributed by atoms with van der Waals surface area (Å²) in [7, 11) is 1.92. The van der Waals surface area contributed by atoms with Crippen molar-refractivity contribution < 1.29 is 0 Å². The third-order valence-corrected chi connectivity index (χ3v) is 4.47. The molecule has 2 heterocycles. The number of rotatable bonds is 3. The molecule has 0 aliphatic rings. The minimum atomic E-state index is 0.621. The zero-order valence-corrected chi connectivity index (χ0v) is 14.8. The molecule has 0 spiro atoms. The summed E-state index contributed by atoms with van der Waals surface area (Å²) in [6.45, 7) is 2.14. The van der Waals surface area contributed by atoms with Crippen molar-refractivity contribution in [2.45, 2.75) is 19.8 Å². The lowest BCUT2D eigenvalue weighted by molar-refractivity contribution is 0.735. The molecule has 7 heteroatoms. The molecular formula is C14H14BrClN4S. The van der Waals surface area contributed by atoms with E-state index in [-0.39, 0.29) is 0 Å². The smallest absolute Gasteiger partial charge is 0.184 e. The Morgan fingerprint density at radius 3 is 2.90 bits per heavy atom. The number of aromatic nitrogens is 4. The molecule has 110 valence electrons. The van der Waals surface area contributed by atoms with Gasteiger partial charge in [-0.2, -0.15) is 5.10 Å². The molecule has 0 aliphatic carbocycles. The molecule has 0 saturated carbocycles. The summed E-state index contributed by atoms with van der Waals surface area (Å²) >= 11 is 15.3. The number of imidazole rings is 1. The molecular weight excluding hydrogens is 372 g/mol. The third kappa shape index (κ3) is 2.45. The molecule has 3 rings (SSSR count). The van der Waals surface area contributed by atoms with Crippen molar-refractivity contribution in [1.29, 1.82) is 0 Å². The normalized spacial score (nSPS) is 11.4. The van der Waals surface area contributed by atoms with E-state index in [1.54, 1.807) is 0 Å². The van der Waals surface area contributed by atoms with Crippen molar-refractivity contribution in [2.24, 2.45) is 7.05 Å². The van der Waals surface area contributed by atoms with Crippen LogP contribution in [0.4, 0.5) is 0 Å². The molecule has 1 aromatic carbocycles. The summed E-state index contributed by atoms with van der Waals surface area (Å²) in [5, 5.41) is 5.23.